The van der Waals surface area contributed by atoms with Gasteiger partial charge in [-0.2, -0.15) is 0 Å². The number of ether oxygens (including phenoxy) is 1. The molecule has 0 aromatic rings. The number of rotatable bonds is 9. The van der Waals surface area contributed by atoms with Crippen LogP contribution in [0.3, 0.4) is 0 Å². The maximum Gasteiger partial charge on any atom is 0.221 e. The molecule has 0 fully saturated rings. The average Bonchev–Trinajstić information content (AvgIpc) is 2.15. The molecule has 5 heteroatoms. The normalized spacial score (nSPS) is 13.5. The number of carbonyl (C=O) groups is 1. The molecule has 0 radical (unpaired) electrons. The summed E-state index contributed by atoms with van der Waals surface area (Å²) in [7, 11) is 0. The lowest BCUT2D eigenvalue weighted by Crippen LogP contribution is -2.34. The third kappa shape index (κ3) is 11.6. The standard InChI is InChI=1S/C12H26N2O3/c1-4-5-7-14-11(15)9-10(13)6-8-17-12(2,3)16/h10,16H,4-9,13H2,1-3H3,(H,14,15). The molecule has 0 aliphatic rings. The average molecular weight is 246 g/mol. The number of nitrogens with two attached hydrogens (primary N) is 1. The minimum atomic E-state index is -1.14. The molecule has 1 atom stereocenters. The molecule has 102 valence electrons. The Balaban J connectivity index is 3.57. The van der Waals surface area contributed by atoms with E-state index in [2.05, 4.69) is 12.2 Å². The van der Waals surface area contributed by atoms with Crippen LogP contribution in [0.15, 0.2) is 0 Å². The highest BCUT2D eigenvalue weighted by Gasteiger charge is 2.14. The van der Waals surface area contributed by atoms with Crippen LogP contribution in [0, 0.1) is 0 Å². The number of hydrogen-bond donors (Lipinski definition) is 3. The zero-order valence-corrected chi connectivity index (χ0v) is 11.2. The zero-order valence-electron chi connectivity index (χ0n) is 11.2. The predicted octanol–water partition coefficient (Wildman–Crippen LogP) is 0.755. The van der Waals surface area contributed by atoms with E-state index < -0.39 is 5.79 Å². The van der Waals surface area contributed by atoms with Crippen LogP contribution in [-0.4, -0.2) is 36.0 Å². The van der Waals surface area contributed by atoms with E-state index in [9.17, 15) is 9.90 Å². The van der Waals surface area contributed by atoms with Crippen molar-refractivity contribution in [2.24, 2.45) is 5.73 Å². The van der Waals surface area contributed by atoms with Gasteiger partial charge in [0.15, 0.2) is 5.79 Å². The molecule has 0 heterocycles. The first-order valence-electron chi connectivity index (χ1n) is 6.23. The molecule has 1 amide bonds. The van der Waals surface area contributed by atoms with Crippen LogP contribution < -0.4 is 11.1 Å². The molecule has 0 aliphatic heterocycles. The van der Waals surface area contributed by atoms with Crippen molar-refractivity contribution in [3.63, 3.8) is 0 Å². The number of aliphatic hydroxyl groups is 1. The van der Waals surface area contributed by atoms with Gasteiger partial charge in [0.2, 0.25) is 5.91 Å². The van der Waals surface area contributed by atoms with Crippen LogP contribution in [0.1, 0.15) is 46.5 Å². The van der Waals surface area contributed by atoms with Crippen LogP contribution in [0.25, 0.3) is 0 Å². The fourth-order valence-corrected chi connectivity index (χ4v) is 1.28. The van der Waals surface area contributed by atoms with Gasteiger partial charge in [-0.05, 0) is 26.7 Å². The third-order valence-corrected chi connectivity index (χ3v) is 2.24. The van der Waals surface area contributed by atoms with Gasteiger partial charge in [0, 0.05) is 19.0 Å². The minimum Gasteiger partial charge on any atom is -0.366 e. The highest BCUT2D eigenvalue weighted by Crippen LogP contribution is 2.05. The van der Waals surface area contributed by atoms with Gasteiger partial charge in [-0.1, -0.05) is 13.3 Å². The van der Waals surface area contributed by atoms with E-state index in [0.717, 1.165) is 12.8 Å². The molecular weight excluding hydrogens is 220 g/mol. The Hall–Kier alpha value is -0.650. The maximum absolute atomic E-state index is 11.4. The van der Waals surface area contributed by atoms with Crippen LogP contribution in [0.2, 0.25) is 0 Å². The lowest BCUT2D eigenvalue weighted by Gasteiger charge is -2.19. The molecule has 4 N–H and O–H groups in total. The quantitative estimate of drug-likeness (QED) is 0.414. The second-order valence-electron chi connectivity index (χ2n) is 4.75. The van der Waals surface area contributed by atoms with Crippen molar-refractivity contribution in [2.75, 3.05) is 13.2 Å². The maximum atomic E-state index is 11.4. The third-order valence-electron chi connectivity index (χ3n) is 2.24. The van der Waals surface area contributed by atoms with Crippen molar-refractivity contribution in [1.29, 1.82) is 0 Å². The Morgan fingerprint density at radius 3 is 2.71 bits per heavy atom. The van der Waals surface area contributed by atoms with E-state index in [4.69, 9.17) is 10.5 Å². The van der Waals surface area contributed by atoms with Gasteiger partial charge >= 0.3 is 0 Å². The smallest absolute Gasteiger partial charge is 0.221 e. The zero-order chi connectivity index (χ0) is 13.3. The number of nitrogens with one attached hydrogen (secondary N) is 1. The lowest BCUT2D eigenvalue weighted by molar-refractivity contribution is -0.176. The number of unbranched alkanes of at least 4 members (excludes halogenated alkanes) is 1. The van der Waals surface area contributed by atoms with Crippen LogP contribution in [-0.2, 0) is 9.53 Å². The van der Waals surface area contributed by atoms with Crippen molar-refractivity contribution < 1.29 is 14.6 Å². The Kier molecular flexibility index (Phi) is 8.12. The highest BCUT2D eigenvalue weighted by molar-refractivity contribution is 5.76. The largest absolute Gasteiger partial charge is 0.366 e. The molecule has 0 saturated carbocycles. The van der Waals surface area contributed by atoms with Gasteiger partial charge in [-0.15, -0.1) is 0 Å². The molecule has 0 bridgehead atoms. The van der Waals surface area contributed by atoms with Gasteiger partial charge in [-0.3, -0.25) is 4.79 Å². The van der Waals surface area contributed by atoms with Gasteiger partial charge in [-0.25, -0.2) is 0 Å². The number of hydrogen-bond acceptors (Lipinski definition) is 4. The topological polar surface area (TPSA) is 84.6 Å². The van der Waals surface area contributed by atoms with Crippen molar-refractivity contribution in [1.82, 2.24) is 5.32 Å². The van der Waals surface area contributed by atoms with Crippen molar-refractivity contribution in [3.05, 3.63) is 0 Å². The summed E-state index contributed by atoms with van der Waals surface area (Å²) in [6, 6.07) is -0.223. The summed E-state index contributed by atoms with van der Waals surface area (Å²) in [5, 5.41) is 12.1. The van der Waals surface area contributed by atoms with E-state index in [1.807, 2.05) is 0 Å². The SMILES string of the molecule is CCCCNC(=O)CC(N)CCOC(C)(C)O. The second-order valence-corrected chi connectivity index (χ2v) is 4.75. The predicted molar refractivity (Wildman–Crippen MR) is 67.4 cm³/mol. The first kappa shape index (κ1) is 16.4. The first-order valence-corrected chi connectivity index (χ1v) is 6.23. The van der Waals surface area contributed by atoms with E-state index in [0.29, 0.717) is 26.0 Å². The summed E-state index contributed by atoms with van der Waals surface area (Å²) in [6.07, 6.45) is 2.92. The van der Waals surface area contributed by atoms with E-state index in [1.54, 1.807) is 13.8 Å². The number of carbonyl (C=O) groups excluding carboxylic acids is 1. The molecule has 0 rings (SSSR count). The van der Waals surface area contributed by atoms with Crippen molar-refractivity contribution in [2.45, 2.75) is 58.3 Å². The van der Waals surface area contributed by atoms with Crippen molar-refractivity contribution in [3.8, 4) is 0 Å². The Morgan fingerprint density at radius 2 is 2.18 bits per heavy atom. The van der Waals surface area contributed by atoms with E-state index >= 15 is 0 Å². The van der Waals surface area contributed by atoms with Crippen LogP contribution >= 0.6 is 0 Å². The number of amides is 1. The van der Waals surface area contributed by atoms with Gasteiger partial charge in [0.05, 0.1) is 6.61 Å². The summed E-state index contributed by atoms with van der Waals surface area (Å²) in [6.45, 7) is 6.27. The molecule has 0 spiro atoms. The van der Waals surface area contributed by atoms with Crippen LogP contribution in [0.4, 0.5) is 0 Å². The fourth-order valence-electron chi connectivity index (χ4n) is 1.28. The van der Waals surface area contributed by atoms with Gasteiger partial charge < -0.3 is 20.9 Å². The fraction of sp³-hybridized carbons (Fsp3) is 0.917. The molecule has 0 saturated heterocycles. The minimum absolute atomic E-state index is 0.0193. The molecular formula is C12H26N2O3. The lowest BCUT2D eigenvalue weighted by atomic mass is 10.1. The monoisotopic (exact) mass is 246 g/mol. The van der Waals surface area contributed by atoms with E-state index in [-0.39, 0.29) is 11.9 Å². The molecule has 0 aromatic heterocycles. The Morgan fingerprint density at radius 1 is 1.53 bits per heavy atom. The van der Waals surface area contributed by atoms with Crippen LogP contribution in [0.5, 0.6) is 0 Å². The summed E-state index contributed by atoms with van der Waals surface area (Å²) < 4.78 is 5.12. The molecule has 0 aliphatic carbocycles. The molecule has 1 unspecified atom stereocenters. The highest BCUT2D eigenvalue weighted by atomic mass is 16.6. The molecule has 17 heavy (non-hydrogen) atoms. The summed E-state index contributed by atoms with van der Waals surface area (Å²) >= 11 is 0. The Bertz CT molecular complexity index is 214. The van der Waals surface area contributed by atoms with E-state index in [1.165, 1.54) is 0 Å². The summed E-state index contributed by atoms with van der Waals surface area (Å²) in [5.41, 5.74) is 5.79. The van der Waals surface area contributed by atoms with Gasteiger partial charge in [0.1, 0.15) is 0 Å². The molecule has 0 aromatic carbocycles. The van der Waals surface area contributed by atoms with Crippen molar-refractivity contribution >= 4 is 5.91 Å². The second kappa shape index (κ2) is 8.44. The van der Waals surface area contributed by atoms with Gasteiger partial charge in [0.25, 0.3) is 0 Å². The molecule has 5 nitrogen and oxygen atoms in total. The summed E-state index contributed by atoms with van der Waals surface area (Å²) in [4.78, 5) is 11.4. The first-order chi connectivity index (χ1) is 7.85. The Labute approximate surface area is 104 Å². The summed E-state index contributed by atoms with van der Waals surface area (Å²) in [5.74, 6) is -1.16.